The fourth-order valence-corrected chi connectivity index (χ4v) is 4.92. The molecule has 3 amide bonds. The minimum atomic E-state index is -0.536. The molecule has 4 N–H and O–H groups in total. The highest BCUT2D eigenvalue weighted by atomic mass is 35.5. The van der Waals surface area contributed by atoms with Gasteiger partial charge in [-0.15, -0.1) is 5.10 Å². The summed E-state index contributed by atoms with van der Waals surface area (Å²) in [5, 5.41) is 29.8. The number of nitrogens with zero attached hydrogens (tertiary/aromatic N) is 4. The summed E-state index contributed by atoms with van der Waals surface area (Å²) in [6.07, 6.45) is 0.0535. The number of carbonyl (C=O) groups excluding carboxylic acids is 3. The van der Waals surface area contributed by atoms with Crippen molar-refractivity contribution in [1.29, 1.82) is 0 Å². The largest absolute Gasteiger partial charge is 0.508 e. The normalized spacial score (nSPS) is 12.8. The SMILES string of the molecule is O=C(CCn1c2ccc(O)cc2c2c3c(c(-c4ccccc4Cl)cc21)C(=O)NC3=O)Nc1nn[nH]n1. The fourth-order valence-electron chi connectivity index (χ4n) is 4.68. The van der Waals surface area contributed by atoms with Crippen LogP contribution in [0.25, 0.3) is 32.9 Å². The van der Waals surface area contributed by atoms with Crippen LogP contribution in [0.3, 0.4) is 0 Å². The number of halogens is 1. The van der Waals surface area contributed by atoms with E-state index in [9.17, 15) is 19.5 Å². The third-order valence-electron chi connectivity index (χ3n) is 6.14. The molecule has 0 atom stereocenters. The number of aromatic nitrogens is 5. The van der Waals surface area contributed by atoms with Gasteiger partial charge in [0.2, 0.25) is 5.91 Å². The molecule has 36 heavy (non-hydrogen) atoms. The first-order chi connectivity index (χ1) is 17.4. The molecule has 0 aliphatic carbocycles. The summed E-state index contributed by atoms with van der Waals surface area (Å²) in [6, 6.07) is 13.6. The van der Waals surface area contributed by atoms with Crippen molar-refractivity contribution in [3.05, 3.63) is 64.7 Å². The van der Waals surface area contributed by atoms with Gasteiger partial charge in [0.15, 0.2) is 0 Å². The lowest BCUT2D eigenvalue weighted by Crippen LogP contribution is -2.20. The molecule has 0 radical (unpaired) electrons. The van der Waals surface area contributed by atoms with Crippen molar-refractivity contribution in [3.8, 4) is 16.9 Å². The average Bonchev–Trinajstić information content (AvgIpc) is 3.54. The number of hydrogen-bond donors (Lipinski definition) is 4. The van der Waals surface area contributed by atoms with E-state index in [0.717, 1.165) is 0 Å². The zero-order chi connectivity index (χ0) is 25.0. The minimum absolute atomic E-state index is 0.00469. The van der Waals surface area contributed by atoms with Crippen LogP contribution in [0.15, 0.2) is 48.5 Å². The highest BCUT2D eigenvalue weighted by molar-refractivity contribution is 6.36. The van der Waals surface area contributed by atoms with Crippen molar-refractivity contribution in [2.45, 2.75) is 13.0 Å². The van der Waals surface area contributed by atoms with E-state index in [-0.39, 0.29) is 41.7 Å². The first kappa shape index (κ1) is 21.7. The first-order valence-corrected chi connectivity index (χ1v) is 11.3. The molecule has 1 aliphatic rings. The molecule has 11 nitrogen and oxygen atoms in total. The highest BCUT2D eigenvalue weighted by Crippen LogP contribution is 2.42. The summed E-state index contributed by atoms with van der Waals surface area (Å²) in [7, 11) is 0. The van der Waals surface area contributed by atoms with Crippen LogP contribution in [0, 0.1) is 0 Å². The number of benzene rings is 3. The summed E-state index contributed by atoms with van der Waals surface area (Å²) in [5.41, 5.74) is 2.81. The highest BCUT2D eigenvalue weighted by Gasteiger charge is 2.35. The Kier molecular flexibility index (Phi) is 4.93. The summed E-state index contributed by atoms with van der Waals surface area (Å²) < 4.78 is 1.87. The van der Waals surface area contributed by atoms with E-state index >= 15 is 0 Å². The second kappa shape index (κ2) is 8.17. The van der Waals surface area contributed by atoms with Crippen LogP contribution in [0.2, 0.25) is 5.02 Å². The number of nitrogens with one attached hydrogen (secondary N) is 3. The van der Waals surface area contributed by atoms with Gasteiger partial charge >= 0.3 is 0 Å². The number of imide groups is 1. The quantitative estimate of drug-likeness (QED) is 0.269. The number of rotatable bonds is 5. The molecule has 3 heterocycles. The molecule has 5 aromatic rings. The van der Waals surface area contributed by atoms with Crippen LogP contribution in [0.4, 0.5) is 5.95 Å². The molecule has 3 aromatic carbocycles. The number of tetrazole rings is 1. The Hall–Kier alpha value is -4.77. The lowest BCUT2D eigenvalue weighted by atomic mass is 9.93. The molecule has 0 saturated carbocycles. The minimum Gasteiger partial charge on any atom is -0.508 e. The van der Waals surface area contributed by atoms with Gasteiger partial charge in [0.05, 0.1) is 16.6 Å². The number of phenols is 1. The summed E-state index contributed by atoms with van der Waals surface area (Å²) >= 11 is 6.48. The third kappa shape index (κ3) is 3.36. The average molecular weight is 502 g/mol. The maximum atomic E-state index is 13.0. The molecule has 0 saturated heterocycles. The van der Waals surface area contributed by atoms with E-state index in [0.29, 0.717) is 38.0 Å². The van der Waals surface area contributed by atoms with Crippen LogP contribution in [0.5, 0.6) is 5.75 Å². The maximum Gasteiger partial charge on any atom is 0.269 e. The number of aromatic hydroxyl groups is 1. The summed E-state index contributed by atoms with van der Waals surface area (Å²) in [6.45, 7) is 0.227. The Labute approximate surface area is 207 Å². The molecule has 0 unspecified atom stereocenters. The van der Waals surface area contributed by atoms with Crippen molar-refractivity contribution in [3.63, 3.8) is 0 Å². The lowest BCUT2D eigenvalue weighted by molar-refractivity contribution is -0.116. The van der Waals surface area contributed by atoms with E-state index in [1.54, 1.807) is 42.5 Å². The number of hydrogen-bond acceptors (Lipinski definition) is 7. The number of aromatic amines is 1. The number of anilines is 1. The van der Waals surface area contributed by atoms with Crippen molar-refractivity contribution < 1.29 is 19.5 Å². The van der Waals surface area contributed by atoms with Gasteiger partial charge in [0, 0.05) is 39.8 Å². The fraction of sp³-hybridized carbons (Fsp3) is 0.0833. The number of carbonyl (C=O) groups is 3. The molecule has 178 valence electrons. The Morgan fingerprint density at radius 3 is 2.61 bits per heavy atom. The molecule has 0 spiro atoms. The van der Waals surface area contributed by atoms with E-state index < -0.39 is 11.8 Å². The zero-order valence-corrected chi connectivity index (χ0v) is 19.1. The van der Waals surface area contributed by atoms with Gasteiger partial charge in [-0.2, -0.15) is 5.21 Å². The van der Waals surface area contributed by atoms with Gasteiger partial charge < -0.3 is 9.67 Å². The molecular formula is C24H16ClN7O4. The molecule has 12 heteroatoms. The van der Waals surface area contributed by atoms with Crippen LogP contribution in [0.1, 0.15) is 27.1 Å². The smallest absolute Gasteiger partial charge is 0.269 e. The Morgan fingerprint density at radius 1 is 1.03 bits per heavy atom. The van der Waals surface area contributed by atoms with E-state index in [1.807, 2.05) is 4.57 Å². The second-order valence-electron chi connectivity index (χ2n) is 8.22. The van der Waals surface area contributed by atoms with E-state index in [4.69, 9.17) is 11.6 Å². The number of fused-ring (bicyclic) bond motifs is 5. The Bertz CT molecular complexity index is 1730. The van der Waals surface area contributed by atoms with Crippen molar-refractivity contribution in [2.75, 3.05) is 5.32 Å². The predicted molar refractivity (Wildman–Crippen MR) is 131 cm³/mol. The van der Waals surface area contributed by atoms with Crippen LogP contribution in [-0.4, -0.2) is 48.0 Å². The number of amides is 3. The predicted octanol–water partition coefficient (Wildman–Crippen LogP) is 3.25. The monoisotopic (exact) mass is 501 g/mol. The Balaban J connectivity index is 1.59. The van der Waals surface area contributed by atoms with Crippen LogP contribution >= 0.6 is 11.6 Å². The number of aryl methyl sites for hydroxylation is 1. The zero-order valence-electron chi connectivity index (χ0n) is 18.4. The Morgan fingerprint density at radius 2 is 1.83 bits per heavy atom. The van der Waals surface area contributed by atoms with Gasteiger partial charge in [-0.05, 0) is 41.1 Å². The number of H-pyrrole nitrogens is 1. The third-order valence-corrected chi connectivity index (χ3v) is 6.47. The molecular weight excluding hydrogens is 486 g/mol. The second-order valence-corrected chi connectivity index (χ2v) is 8.63. The summed E-state index contributed by atoms with van der Waals surface area (Å²) in [4.78, 5) is 38.4. The molecule has 1 aliphatic heterocycles. The van der Waals surface area contributed by atoms with Crippen LogP contribution in [-0.2, 0) is 11.3 Å². The number of phenolic OH excluding ortho intramolecular Hbond substituents is 1. The van der Waals surface area contributed by atoms with Gasteiger partial charge in [0.25, 0.3) is 17.8 Å². The van der Waals surface area contributed by atoms with Crippen molar-refractivity contribution >= 4 is 57.1 Å². The summed E-state index contributed by atoms with van der Waals surface area (Å²) in [5.74, 6) is -1.34. The standard InChI is InChI=1S/C24H16ClN7O4/c25-15-4-2-1-3-12(15)13-10-17-19(21-20(13)22(35)27-23(21)36)14-9-11(33)5-6-16(14)32(17)8-7-18(34)26-24-28-30-31-29-24/h1-6,9-10,33H,7-8H2,(H,27,35,36)(H2,26,28,29,30,31,34). The van der Waals surface area contributed by atoms with Crippen molar-refractivity contribution in [2.24, 2.45) is 0 Å². The van der Waals surface area contributed by atoms with E-state index in [2.05, 4.69) is 31.3 Å². The van der Waals surface area contributed by atoms with E-state index in [1.165, 1.54) is 6.07 Å². The van der Waals surface area contributed by atoms with Crippen LogP contribution < -0.4 is 10.6 Å². The molecule has 2 aromatic heterocycles. The lowest BCUT2D eigenvalue weighted by Gasteiger charge is -2.12. The molecule has 0 bridgehead atoms. The van der Waals surface area contributed by atoms with Gasteiger partial charge in [-0.1, -0.05) is 34.9 Å². The van der Waals surface area contributed by atoms with Gasteiger partial charge in [0.1, 0.15) is 5.75 Å². The van der Waals surface area contributed by atoms with Crippen molar-refractivity contribution in [1.82, 2.24) is 30.5 Å². The molecule has 0 fully saturated rings. The molecule has 6 rings (SSSR count). The van der Waals surface area contributed by atoms with Gasteiger partial charge in [-0.3, -0.25) is 25.0 Å². The first-order valence-electron chi connectivity index (χ1n) is 10.9. The topological polar surface area (TPSA) is 155 Å². The van der Waals surface area contributed by atoms with Gasteiger partial charge in [-0.25, -0.2) is 0 Å². The maximum absolute atomic E-state index is 13.0.